The summed E-state index contributed by atoms with van der Waals surface area (Å²) in [5.74, 6) is 2.21. The maximum absolute atomic E-state index is 4.70. The zero-order chi connectivity index (χ0) is 18.1. The maximum atomic E-state index is 4.70. The third kappa shape index (κ3) is 6.10. The second kappa shape index (κ2) is 9.67. The van der Waals surface area contributed by atoms with Gasteiger partial charge in [-0.1, -0.05) is 37.3 Å². The number of nitrogens with one attached hydrogen (secondary N) is 2. The molecular formula is C20H29N5. The number of aliphatic imine (C=N–C) groups is 1. The Morgan fingerprint density at radius 1 is 1.16 bits per heavy atom. The number of pyridine rings is 1. The average molecular weight is 339 g/mol. The molecule has 25 heavy (non-hydrogen) atoms. The van der Waals surface area contributed by atoms with E-state index in [1.807, 2.05) is 37.3 Å². The Bertz CT molecular complexity index is 667. The molecule has 1 aromatic heterocycles. The number of hydrogen-bond donors (Lipinski definition) is 2. The fourth-order valence-electron chi connectivity index (χ4n) is 2.46. The standard InChI is InChI=1S/C20H29N5/c1-5-21-20(23-14-16(2)18-9-7-6-8-10-18)24-15-17-11-12-22-19(13-17)25(3)4/h6-13,16H,5,14-15H2,1-4H3,(H2,21,23,24). The van der Waals surface area contributed by atoms with Crippen LogP contribution in [0.3, 0.4) is 0 Å². The van der Waals surface area contributed by atoms with Crippen LogP contribution in [0.15, 0.2) is 53.7 Å². The Morgan fingerprint density at radius 3 is 2.60 bits per heavy atom. The van der Waals surface area contributed by atoms with Crippen molar-refractivity contribution in [3.05, 3.63) is 59.8 Å². The van der Waals surface area contributed by atoms with Crippen molar-refractivity contribution in [1.29, 1.82) is 0 Å². The molecule has 1 heterocycles. The number of guanidine groups is 1. The van der Waals surface area contributed by atoms with Crippen molar-refractivity contribution in [2.45, 2.75) is 26.3 Å². The summed E-state index contributed by atoms with van der Waals surface area (Å²) in [5, 5.41) is 6.75. The minimum Gasteiger partial charge on any atom is -0.363 e. The number of hydrogen-bond acceptors (Lipinski definition) is 3. The van der Waals surface area contributed by atoms with Crippen LogP contribution in [0, 0.1) is 0 Å². The molecule has 5 nitrogen and oxygen atoms in total. The third-order valence-electron chi connectivity index (χ3n) is 3.98. The highest BCUT2D eigenvalue weighted by Crippen LogP contribution is 2.13. The smallest absolute Gasteiger partial charge is 0.191 e. The van der Waals surface area contributed by atoms with Crippen LogP contribution in [0.4, 0.5) is 5.82 Å². The summed E-state index contributed by atoms with van der Waals surface area (Å²) in [6.07, 6.45) is 1.83. The van der Waals surface area contributed by atoms with Gasteiger partial charge in [0.15, 0.2) is 5.96 Å². The summed E-state index contributed by atoms with van der Waals surface area (Å²) in [6.45, 7) is 6.60. The molecule has 0 saturated carbocycles. The Morgan fingerprint density at radius 2 is 1.92 bits per heavy atom. The molecule has 1 atom stereocenters. The van der Waals surface area contributed by atoms with Gasteiger partial charge < -0.3 is 15.5 Å². The molecule has 5 heteroatoms. The van der Waals surface area contributed by atoms with E-state index in [4.69, 9.17) is 4.99 Å². The summed E-state index contributed by atoms with van der Waals surface area (Å²) in [6, 6.07) is 14.6. The fourth-order valence-corrected chi connectivity index (χ4v) is 2.46. The normalized spacial score (nSPS) is 12.6. The molecule has 0 saturated heterocycles. The molecule has 134 valence electrons. The van der Waals surface area contributed by atoms with Crippen LogP contribution in [0.25, 0.3) is 0 Å². The first-order valence-electron chi connectivity index (χ1n) is 8.79. The van der Waals surface area contributed by atoms with Gasteiger partial charge in [-0.2, -0.15) is 0 Å². The Hall–Kier alpha value is -2.56. The molecule has 2 rings (SSSR count). The highest BCUT2D eigenvalue weighted by Gasteiger charge is 2.06. The van der Waals surface area contributed by atoms with Crippen molar-refractivity contribution in [1.82, 2.24) is 15.6 Å². The lowest BCUT2D eigenvalue weighted by Crippen LogP contribution is -2.39. The van der Waals surface area contributed by atoms with E-state index in [0.29, 0.717) is 12.5 Å². The molecule has 0 spiro atoms. The summed E-state index contributed by atoms with van der Waals surface area (Å²) in [5.41, 5.74) is 2.47. The lowest BCUT2D eigenvalue weighted by molar-refractivity contribution is 0.699. The van der Waals surface area contributed by atoms with Gasteiger partial charge in [-0.3, -0.25) is 0 Å². The van der Waals surface area contributed by atoms with Crippen LogP contribution in [0.5, 0.6) is 0 Å². The monoisotopic (exact) mass is 339 g/mol. The number of anilines is 1. The van der Waals surface area contributed by atoms with Crippen molar-refractivity contribution in [3.63, 3.8) is 0 Å². The number of aromatic nitrogens is 1. The molecular weight excluding hydrogens is 310 g/mol. The Balaban J connectivity index is 1.97. The highest BCUT2D eigenvalue weighted by molar-refractivity contribution is 5.79. The lowest BCUT2D eigenvalue weighted by atomic mass is 10.0. The van der Waals surface area contributed by atoms with E-state index in [0.717, 1.165) is 30.4 Å². The topological polar surface area (TPSA) is 52.6 Å². The van der Waals surface area contributed by atoms with Crippen molar-refractivity contribution in [3.8, 4) is 0 Å². The van der Waals surface area contributed by atoms with E-state index in [-0.39, 0.29) is 0 Å². The van der Waals surface area contributed by atoms with Crippen molar-refractivity contribution >= 4 is 11.8 Å². The molecule has 0 fully saturated rings. The molecule has 0 aliphatic rings. The van der Waals surface area contributed by atoms with Gasteiger partial charge in [-0.05, 0) is 36.1 Å². The van der Waals surface area contributed by atoms with Crippen molar-refractivity contribution < 1.29 is 0 Å². The highest BCUT2D eigenvalue weighted by atomic mass is 15.2. The van der Waals surface area contributed by atoms with Crippen molar-refractivity contribution in [2.75, 3.05) is 32.1 Å². The van der Waals surface area contributed by atoms with Crippen LogP contribution in [0.2, 0.25) is 0 Å². The summed E-state index contributed by atoms with van der Waals surface area (Å²) < 4.78 is 0. The third-order valence-corrected chi connectivity index (χ3v) is 3.98. The predicted molar refractivity (Wildman–Crippen MR) is 106 cm³/mol. The van der Waals surface area contributed by atoms with Gasteiger partial charge in [-0.15, -0.1) is 0 Å². The Kier molecular flexibility index (Phi) is 7.26. The van der Waals surface area contributed by atoms with E-state index < -0.39 is 0 Å². The van der Waals surface area contributed by atoms with Gasteiger partial charge in [0.05, 0.1) is 6.54 Å². The first-order chi connectivity index (χ1) is 12.1. The molecule has 1 aromatic carbocycles. The average Bonchev–Trinajstić information content (AvgIpc) is 2.64. The second-order valence-electron chi connectivity index (χ2n) is 6.30. The van der Waals surface area contributed by atoms with E-state index >= 15 is 0 Å². The van der Waals surface area contributed by atoms with Crippen LogP contribution >= 0.6 is 0 Å². The zero-order valence-corrected chi connectivity index (χ0v) is 15.7. The molecule has 2 aromatic rings. The predicted octanol–water partition coefficient (Wildman–Crippen LogP) is 3.01. The van der Waals surface area contributed by atoms with Gasteiger partial charge in [0.25, 0.3) is 0 Å². The first kappa shape index (κ1) is 18.8. The van der Waals surface area contributed by atoms with Crippen LogP contribution in [-0.2, 0) is 6.54 Å². The van der Waals surface area contributed by atoms with Gasteiger partial charge in [-0.25, -0.2) is 9.98 Å². The number of nitrogens with zero attached hydrogens (tertiary/aromatic N) is 3. The van der Waals surface area contributed by atoms with E-state index in [1.165, 1.54) is 5.56 Å². The van der Waals surface area contributed by atoms with Crippen molar-refractivity contribution in [2.24, 2.45) is 4.99 Å². The fraction of sp³-hybridized carbons (Fsp3) is 0.400. The second-order valence-corrected chi connectivity index (χ2v) is 6.30. The molecule has 0 amide bonds. The molecule has 0 aliphatic carbocycles. The van der Waals surface area contributed by atoms with Gasteiger partial charge in [0.2, 0.25) is 0 Å². The van der Waals surface area contributed by atoms with Gasteiger partial charge >= 0.3 is 0 Å². The van der Waals surface area contributed by atoms with Gasteiger partial charge in [0, 0.05) is 33.4 Å². The van der Waals surface area contributed by atoms with Crippen LogP contribution < -0.4 is 15.5 Å². The number of benzene rings is 1. The molecule has 0 radical (unpaired) electrons. The first-order valence-corrected chi connectivity index (χ1v) is 8.79. The van der Waals surface area contributed by atoms with Crippen LogP contribution in [0.1, 0.15) is 30.9 Å². The van der Waals surface area contributed by atoms with E-state index in [1.54, 1.807) is 0 Å². The summed E-state index contributed by atoms with van der Waals surface area (Å²) >= 11 is 0. The molecule has 0 aliphatic heterocycles. The zero-order valence-electron chi connectivity index (χ0n) is 15.7. The van der Waals surface area contributed by atoms with E-state index in [9.17, 15) is 0 Å². The van der Waals surface area contributed by atoms with Crippen LogP contribution in [-0.4, -0.2) is 38.1 Å². The van der Waals surface area contributed by atoms with Gasteiger partial charge in [0.1, 0.15) is 5.82 Å². The quantitative estimate of drug-likeness (QED) is 0.601. The SMILES string of the molecule is CCNC(=NCc1ccnc(N(C)C)c1)NCC(C)c1ccccc1. The molecule has 0 bridgehead atoms. The number of rotatable bonds is 7. The van der Waals surface area contributed by atoms with E-state index in [2.05, 4.69) is 59.8 Å². The lowest BCUT2D eigenvalue weighted by Gasteiger charge is -2.16. The summed E-state index contributed by atoms with van der Waals surface area (Å²) in [4.78, 5) is 11.0. The molecule has 1 unspecified atom stereocenters. The largest absolute Gasteiger partial charge is 0.363 e. The Labute approximate surface area is 151 Å². The molecule has 2 N–H and O–H groups in total. The minimum atomic E-state index is 0.423. The summed E-state index contributed by atoms with van der Waals surface area (Å²) in [7, 11) is 3.98. The maximum Gasteiger partial charge on any atom is 0.191 e. The minimum absolute atomic E-state index is 0.423.